The minimum atomic E-state index is -0.0765. The third-order valence-electron chi connectivity index (χ3n) is 2.26. The number of nitrogens with one attached hydrogen (secondary N) is 1. The summed E-state index contributed by atoms with van der Waals surface area (Å²) in [6.45, 7) is 3.77. The topological polar surface area (TPSA) is 37.8 Å². The molecule has 1 aromatic carbocycles. The highest BCUT2D eigenvalue weighted by Crippen LogP contribution is 2.18. The first-order valence-corrected chi connectivity index (χ1v) is 5.01. The van der Waals surface area contributed by atoms with Crippen molar-refractivity contribution in [1.29, 1.82) is 0 Å². The van der Waals surface area contributed by atoms with Crippen LogP contribution in [-0.4, -0.2) is 9.78 Å². The number of hydrogen-bond acceptors (Lipinski definition) is 1. The van der Waals surface area contributed by atoms with E-state index in [0.29, 0.717) is 5.02 Å². The van der Waals surface area contributed by atoms with Crippen molar-refractivity contribution in [3.63, 3.8) is 0 Å². The Morgan fingerprint density at radius 1 is 1.27 bits per heavy atom. The molecule has 0 aliphatic rings. The fourth-order valence-electron chi connectivity index (χ4n) is 1.43. The van der Waals surface area contributed by atoms with Gasteiger partial charge in [-0.05, 0) is 31.5 Å². The van der Waals surface area contributed by atoms with Crippen molar-refractivity contribution in [2.45, 2.75) is 13.8 Å². The smallest absolute Gasteiger partial charge is 0.271 e. The number of aromatic amines is 1. The van der Waals surface area contributed by atoms with Crippen molar-refractivity contribution < 1.29 is 0 Å². The van der Waals surface area contributed by atoms with Crippen LogP contribution in [-0.2, 0) is 0 Å². The summed E-state index contributed by atoms with van der Waals surface area (Å²) in [7, 11) is 0. The van der Waals surface area contributed by atoms with Gasteiger partial charge in [-0.2, -0.15) is 0 Å². The Morgan fingerprint density at radius 3 is 2.53 bits per heavy atom. The zero-order chi connectivity index (χ0) is 11.0. The molecule has 0 aliphatic heterocycles. The lowest BCUT2D eigenvalue weighted by atomic mass is 10.2. The number of benzene rings is 1. The van der Waals surface area contributed by atoms with E-state index < -0.39 is 0 Å². The summed E-state index contributed by atoms with van der Waals surface area (Å²) in [6.07, 6.45) is 0. The number of nitrogens with zero attached hydrogens (tertiary/aromatic N) is 1. The highest BCUT2D eigenvalue weighted by Gasteiger charge is 2.04. The van der Waals surface area contributed by atoms with Gasteiger partial charge in [0.1, 0.15) is 0 Å². The van der Waals surface area contributed by atoms with E-state index in [1.54, 1.807) is 12.1 Å². The monoisotopic (exact) mass is 222 g/mol. The maximum Gasteiger partial charge on any atom is 0.271 e. The second kappa shape index (κ2) is 3.59. The molecule has 0 spiro atoms. The first kappa shape index (κ1) is 10.1. The molecule has 0 fully saturated rings. The van der Waals surface area contributed by atoms with E-state index in [1.807, 2.05) is 26.0 Å². The van der Waals surface area contributed by atoms with Crippen molar-refractivity contribution in [2.75, 3.05) is 0 Å². The molecule has 1 heterocycles. The fraction of sp³-hybridized carbons (Fsp3) is 0.182. The highest BCUT2D eigenvalue weighted by molar-refractivity contribution is 6.31. The molecule has 0 unspecified atom stereocenters. The summed E-state index contributed by atoms with van der Waals surface area (Å²) >= 11 is 5.99. The molecule has 1 N–H and O–H groups in total. The Morgan fingerprint density at radius 2 is 2.00 bits per heavy atom. The third kappa shape index (κ3) is 1.83. The molecule has 78 valence electrons. The van der Waals surface area contributed by atoms with Gasteiger partial charge in [-0.1, -0.05) is 17.7 Å². The Bertz CT molecular complexity index is 554. The summed E-state index contributed by atoms with van der Waals surface area (Å²) in [5, 5.41) is 3.61. The molecule has 0 atom stereocenters. The lowest BCUT2D eigenvalue weighted by Gasteiger charge is -2.03. The predicted molar refractivity (Wildman–Crippen MR) is 60.9 cm³/mol. The first-order chi connectivity index (χ1) is 7.08. The first-order valence-electron chi connectivity index (χ1n) is 4.63. The van der Waals surface area contributed by atoms with Crippen molar-refractivity contribution in [1.82, 2.24) is 9.78 Å². The van der Waals surface area contributed by atoms with Crippen molar-refractivity contribution >= 4 is 11.6 Å². The Balaban J connectivity index is 2.59. The van der Waals surface area contributed by atoms with Crippen molar-refractivity contribution in [3.8, 4) is 5.69 Å². The standard InChI is InChI=1S/C11H11ClN2O/c1-7-3-4-9(6-10(7)12)14-11(15)5-8(2)13-14/h3-6,13H,1-2H3. The number of rotatable bonds is 1. The predicted octanol–water partition coefficient (Wildman–Crippen LogP) is 2.44. The molecule has 0 saturated carbocycles. The van der Waals surface area contributed by atoms with Crippen LogP contribution in [0.3, 0.4) is 0 Å². The second-order valence-corrected chi connectivity index (χ2v) is 3.95. The van der Waals surface area contributed by atoms with Crippen LogP contribution in [0.1, 0.15) is 11.3 Å². The third-order valence-corrected chi connectivity index (χ3v) is 2.67. The molecule has 0 bridgehead atoms. The SMILES string of the molecule is Cc1cc(=O)n(-c2ccc(C)c(Cl)c2)[nH]1. The summed E-state index contributed by atoms with van der Waals surface area (Å²) in [5.74, 6) is 0. The van der Waals surface area contributed by atoms with Crippen LogP contribution in [0.2, 0.25) is 5.02 Å². The van der Waals surface area contributed by atoms with Gasteiger partial charge in [-0.3, -0.25) is 9.89 Å². The van der Waals surface area contributed by atoms with E-state index >= 15 is 0 Å². The number of H-pyrrole nitrogens is 1. The minimum Gasteiger partial charge on any atom is -0.295 e. The van der Waals surface area contributed by atoms with Gasteiger partial charge in [0.25, 0.3) is 5.56 Å². The largest absolute Gasteiger partial charge is 0.295 e. The molecule has 2 rings (SSSR count). The Kier molecular flexibility index (Phi) is 2.40. The van der Waals surface area contributed by atoms with Gasteiger partial charge in [-0.25, -0.2) is 4.68 Å². The molecule has 0 aliphatic carbocycles. The summed E-state index contributed by atoms with van der Waals surface area (Å²) < 4.78 is 1.47. The van der Waals surface area contributed by atoms with Gasteiger partial charge in [0, 0.05) is 16.8 Å². The molecular weight excluding hydrogens is 212 g/mol. The average molecular weight is 223 g/mol. The quantitative estimate of drug-likeness (QED) is 0.791. The number of hydrogen-bond donors (Lipinski definition) is 1. The number of halogens is 1. The average Bonchev–Trinajstić information content (AvgIpc) is 2.50. The van der Waals surface area contributed by atoms with Crippen LogP contribution in [0.4, 0.5) is 0 Å². The molecule has 1 aromatic heterocycles. The molecule has 0 saturated heterocycles. The van der Waals surface area contributed by atoms with Crippen LogP contribution >= 0.6 is 11.6 Å². The van der Waals surface area contributed by atoms with E-state index in [4.69, 9.17) is 11.6 Å². The second-order valence-electron chi connectivity index (χ2n) is 3.55. The molecule has 0 radical (unpaired) electrons. The summed E-state index contributed by atoms with van der Waals surface area (Å²) in [4.78, 5) is 11.5. The zero-order valence-electron chi connectivity index (χ0n) is 8.54. The molecule has 2 aromatic rings. The summed E-state index contributed by atoms with van der Waals surface area (Å²) in [6, 6.07) is 7.07. The van der Waals surface area contributed by atoms with E-state index in [9.17, 15) is 4.79 Å². The number of aromatic nitrogens is 2. The summed E-state index contributed by atoms with van der Waals surface area (Å²) in [5.41, 5.74) is 2.50. The minimum absolute atomic E-state index is 0.0765. The van der Waals surface area contributed by atoms with Crippen molar-refractivity contribution in [3.05, 3.63) is 50.9 Å². The molecule has 15 heavy (non-hydrogen) atoms. The van der Waals surface area contributed by atoms with Crippen molar-refractivity contribution in [2.24, 2.45) is 0 Å². The van der Waals surface area contributed by atoms with Crippen LogP contribution in [0.5, 0.6) is 0 Å². The van der Waals surface area contributed by atoms with Crippen LogP contribution in [0, 0.1) is 13.8 Å². The fourth-order valence-corrected chi connectivity index (χ4v) is 1.60. The van der Waals surface area contributed by atoms with E-state index in [2.05, 4.69) is 5.10 Å². The molecule has 3 nitrogen and oxygen atoms in total. The van der Waals surface area contributed by atoms with Gasteiger partial charge in [0.2, 0.25) is 0 Å². The number of aryl methyl sites for hydroxylation is 2. The van der Waals surface area contributed by atoms with Gasteiger partial charge >= 0.3 is 0 Å². The van der Waals surface area contributed by atoms with Gasteiger partial charge in [0.05, 0.1) is 5.69 Å². The maximum absolute atomic E-state index is 11.5. The highest BCUT2D eigenvalue weighted by atomic mass is 35.5. The lowest BCUT2D eigenvalue weighted by molar-refractivity contribution is 0.835. The van der Waals surface area contributed by atoms with Gasteiger partial charge < -0.3 is 0 Å². The van der Waals surface area contributed by atoms with Crippen LogP contribution < -0.4 is 5.56 Å². The Labute approximate surface area is 92.3 Å². The Hall–Kier alpha value is -1.48. The maximum atomic E-state index is 11.5. The lowest BCUT2D eigenvalue weighted by Crippen LogP contribution is -2.13. The van der Waals surface area contributed by atoms with E-state index in [-0.39, 0.29) is 5.56 Å². The van der Waals surface area contributed by atoms with E-state index in [0.717, 1.165) is 16.9 Å². The van der Waals surface area contributed by atoms with Gasteiger partial charge in [0.15, 0.2) is 0 Å². The van der Waals surface area contributed by atoms with Crippen LogP contribution in [0.25, 0.3) is 5.69 Å². The van der Waals surface area contributed by atoms with Crippen LogP contribution in [0.15, 0.2) is 29.1 Å². The molecular formula is C11H11ClN2O. The zero-order valence-corrected chi connectivity index (χ0v) is 9.30. The van der Waals surface area contributed by atoms with Gasteiger partial charge in [-0.15, -0.1) is 0 Å². The normalized spacial score (nSPS) is 10.6. The van der Waals surface area contributed by atoms with E-state index in [1.165, 1.54) is 4.68 Å². The molecule has 0 amide bonds. The molecule has 4 heteroatoms.